The number of rotatable bonds is 4. The monoisotopic (exact) mass is 310 g/mol. The number of likely N-dealkylation sites (tertiary alicyclic amines) is 1. The Morgan fingerprint density at radius 3 is 2.36 bits per heavy atom. The maximum Gasteiger partial charge on any atom is 0.239 e. The molecule has 1 heterocycles. The van der Waals surface area contributed by atoms with E-state index in [-0.39, 0.29) is 11.5 Å². The lowest BCUT2D eigenvalue weighted by molar-refractivity contribution is -0.120. The van der Waals surface area contributed by atoms with Crippen molar-refractivity contribution in [2.75, 3.05) is 26.7 Å². The number of carbonyl (C=O) groups excluding carboxylic acids is 1. The molecule has 0 aromatic rings. The zero-order valence-corrected chi connectivity index (χ0v) is 14.3. The van der Waals surface area contributed by atoms with Crippen LogP contribution in [-0.4, -0.2) is 61.2 Å². The number of hydrogen-bond donors (Lipinski definition) is 2. The van der Waals surface area contributed by atoms with Crippen molar-refractivity contribution in [2.24, 2.45) is 4.99 Å². The summed E-state index contributed by atoms with van der Waals surface area (Å²) in [5.74, 6) is 0.856. The molecule has 1 saturated carbocycles. The molecule has 1 aliphatic carbocycles. The first kappa shape index (κ1) is 17.1. The number of aliphatic imine (C=N–C) groups is 1. The third-order valence-corrected chi connectivity index (χ3v) is 3.82. The Labute approximate surface area is 133 Å². The molecule has 1 saturated heterocycles. The van der Waals surface area contributed by atoms with Crippen LogP contribution in [0.4, 0.5) is 0 Å². The normalized spacial score (nSPS) is 20.9. The van der Waals surface area contributed by atoms with Gasteiger partial charge in [-0.3, -0.25) is 9.79 Å². The third-order valence-electron chi connectivity index (χ3n) is 3.82. The summed E-state index contributed by atoms with van der Waals surface area (Å²) in [5.41, 5.74) is -0.0896. The van der Waals surface area contributed by atoms with Gasteiger partial charge in [-0.05, 0) is 46.5 Å². The number of piperidine rings is 1. The topological polar surface area (TPSA) is 66.0 Å². The summed E-state index contributed by atoms with van der Waals surface area (Å²) in [7, 11) is 1.76. The second-order valence-electron chi connectivity index (χ2n) is 7.16. The summed E-state index contributed by atoms with van der Waals surface area (Å²) in [6.45, 7) is 8.39. The fraction of sp³-hybridized carbons (Fsp3) is 0.875. The standard InChI is InChI=1S/C16H30N4O2/c1-16(2,3)22-13-7-9-20(10-8-13)15(17-4)18-11-14(21)19-12-5-6-12/h12-13H,5-11H2,1-4H3,(H,17,18)(H,19,21). The average Bonchev–Trinajstić information content (AvgIpc) is 3.23. The van der Waals surface area contributed by atoms with Crippen LogP contribution in [0.15, 0.2) is 4.99 Å². The quantitative estimate of drug-likeness (QED) is 0.603. The van der Waals surface area contributed by atoms with Gasteiger partial charge in [0.2, 0.25) is 5.91 Å². The Balaban J connectivity index is 1.72. The molecule has 2 rings (SSSR count). The van der Waals surface area contributed by atoms with Gasteiger partial charge >= 0.3 is 0 Å². The van der Waals surface area contributed by atoms with Gasteiger partial charge in [-0.2, -0.15) is 0 Å². The molecule has 2 aliphatic rings. The van der Waals surface area contributed by atoms with Gasteiger partial charge in [-0.1, -0.05) is 0 Å². The Bertz CT molecular complexity index is 405. The number of guanidine groups is 1. The second kappa shape index (κ2) is 7.31. The summed E-state index contributed by atoms with van der Waals surface area (Å²) in [6, 6.07) is 0.404. The van der Waals surface area contributed by atoms with Crippen LogP contribution >= 0.6 is 0 Å². The lowest BCUT2D eigenvalue weighted by Gasteiger charge is -2.36. The Hall–Kier alpha value is -1.30. The molecule has 6 heteroatoms. The first-order valence-corrected chi connectivity index (χ1v) is 8.30. The first-order valence-electron chi connectivity index (χ1n) is 8.30. The predicted octanol–water partition coefficient (Wildman–Crippen LogP) is 1.12. The molecule has 0 unspecified atom stereocenters. The van der Waals surface area contributed by atoms with E-state index in [1.807, 2.05) is 0 Å². The highest BCUT2D eigenvalue weighted by atomic mass is 16.5. The van der Waals surface area contributed by atoms with Gasteiger partial charge in [0.1, 0.15) is 0 Å². The van der Waals surface area contributed by atoms with Crippen molar-refractivity contribution >= 4 is 11.9 Å². The molecule has 2 fully saturated rings. The molecule has 126 valence electrons. The smallest absolute Gasteiger partial charge is 0.239 e. The maximum atomic E-state index is 11.7. The van der Waals surface area contributed by atoms with Gasteiger partial charge in [0, 0.05) is 26.2 Å². The van der Waals surface area contributed by atoms with Crippen molar-refractivity contribution in [1.29, 1.82) is 0 Å². The molecule has 1 amide bonds. The zero-order valence-electron chi connectivity index (χ0n) is 14.3. The number of nitrogens with one attached hydrogen (secondary N) is 2. The van der Waals surface area contributed by atoms with Crippen molar-refractivity contribution in [3.05, 3.63) is 0 Å². The summed E-state index contributed by atoms with van der Waals surface area (Å²) in [5, 5.41) is 6.13. The molecule has 0 bridgehead atoms. The largest absolute Gasteiger partial charge is 0.372 e. The van der Waals surface area contributed by atoms with Crippen LogP contribution in [0, 0.1) is 0 Å². The van der Waals surface area contributed by atoms with Crippen LogP contribution in [0.5, 0.6) is 0 Å². The predicted molar refractivity (Wildman–Crippen MR) is 88.0 cm³/mol. The molecule has 2 N–H and O–H groups in total. The molecule has 0 aromatic heterocycles. The van der Waals surface area contributed by atoms with Crippen LogP contribution in [0.1, 0.15) is 46.5 Å². The van der Waals surface area contributed by atoms with E-state index in [1.165, 1.54) is 0 Å². The van der Waals surface area contributed by atoms with E-state index in [0.29, 0.717) is 18.7 Å². The number of amides is 1. The van der Waals surface area contributed by atoms with E-state index < -0.39 is 0 Å². The fourth-order valence-electron chi connectivity index (χ4n) is 2.68. The second-order valence-corrected chi connectivity index (χ2v) is 7.16. The molecule has 0 radical (unpaired) electrons. The number of hydrogen-bond acceptors (Lipinski definition) is 3. The highest BCUT2D eigenvalue weighted by Gasteiger charge is 2.26. The number of ether oxygens (including phenoxy) is 1. The van der Waals surface area contributed by atoms with Gasteiger partial charge in [0.05, 0.1) is 18.2 Å². The molecule has 22 heavy (non-hydrogen) atoms. The van der Waals surface area contributed by atoms with Crippen molar-refractivity contribution in [2.45, 2.75) is 64.2 Å². The van der Waals surface area contributed by atoms with Crippen LogP contribution in [-0.2, 0) is 9.53 Å². The minimum absolute atomic E-state index is 0.0506. The van der Waals surface area contributed by atoms with Crippen molar-refractivity contribution < 1.29 is 9.53 Å². The van der Waals surface area contributed by atoms with Crippen molar-refractivity contribution in [3.8, 4) is 0 Å². The van der Waals surface area contributed by atoms with E-state index in [0.717, 1.165) is 44.7 Å². The van der Waals surface area contributed by atoms with Gasteiger partial charge < -0.3 is 20.3 Å². The Kier molecular flexibility index (Phi) is 5.67. The van der Waals surface area contributed by atoms with Crippen LogP contribution in [0.2, 0.25) is 0 Å². The van der Waals surface area contributed by atoms with Crippen LogP contribution in [0.25, 0.3) is 0 Å². The maximum absolute atomic E-state index is 11.7. The zero-order chi connectivity index (χ0) is 16.2. The third kappa shape index (κ3) is 5.83. The minimum atomic E-state index is -0.0896. The summed E-state index contributed by atoms with van der Waals surface area (Å²) in [6.07, 6.45) is 4.52. The van der Waals surface area contributed by atoms with Crippen molar-refractivity contribution in [1.82, 2.24) is 15.5 Å². The van der Waals surface area contributed by atoms with E-state index in [1.54, 1.807) is 7.05 Å². The van der Waals surface area contributed by atoms with E-state index in [2.05, 4.69) is 41.3 Å². The van der Waals surface area contributed by atoms with E-state index in [9.17, 15) is 4.79 Å². The molecule has 1 aliphatic heterocycles. The molecular formula is C16H30N4O2. The van der Waals surface area contributed by atoms with Crippen molar-refractivity contribution in [3.63, 3.8) is 0 Å². The van der Waals surface area contributed by atoms with Gasteiger partial charge in [-0.25, -0.2) is 0 Å². The summed E-state index contributed by atoms with van der Waals surface area (Å²) >= 11 is 0. The van der Waals surface area contributed by atoms with Gasteiger partial charge in [0.25, 0.3) is 0 Å². The summed E-state index contributed by atoms with van der Waals surface area (Å²) in [4.78, 5) is 18.2. The first-order chi connectivity index (χ1) is 10.4. The van der Waals surface area contributed by atoms with Gasteiger partial charge in [0.15, 0.2) is 5.96 Å². The number of nitrogens with zero attached hydrogens (tertiary/aromatic N) is 2. The molecule has 0 atom stereocenters. The van der Waals surface area contributed by atoms with Crippen LogP contribution in [0.3, 0.4) is 0 Å². The Morgan fingerprint density at radius 2 is 1.86 bits per heavy atom. The fourth-order valence-corrected chi connectivity index (χ4v) is 2.68. The molecule has 0 aromatic carbocycles. The lowest BCUT2D eigenvalue weighted by Crippen LogP contribution is -2.50. The molecular weight excluding hydrogens is 280 g/mol. The van der Waals surface area contributed by atoms with E-state index >= 15 is 0 Å². The lowest BCUT2D eigenvalue weighted by atomic mass is 10.1. The van der Waals surface area contributed by atoms with E-state index in [4.69, 9.17) is 4.74 Å². The highest BCUT2D eigenvalue weighted by Crippen LogP contribution is 2.20. The van der Waals surface area contributed by atoms with Gasteiger partial charge in [-0.15, -0.1) is 0 Å². The summed E-state index contributed by atoms with van der Waals surface area (Å²) < 4.78 is 6.04. The number of carbonyl (C=O) groups is 1. The highest BCUT2D eigenvalue weighted by molar-refractivity contribution is 5.86. The minimum Gasteiger partial charge on any atom is -0.372 e. The Morgan fingerprint density at radius 1 is 1.23 bits per heavy atom. The van der Waals surface area contributed by atoms with Crippen LogP contribution < -0.4 is 10.6 Å². The average molecular weight is 310 g/mol. The molecule has 0 spiro atoms. The SMILES string of the molecule is CN=C(NCC(=O)NC1CC1)N1CCC(OC(C)(C)C)CC1. The molecule has 6 nitrogen and oxygen atoms in total.